The smallest absolute Gasteiger partial charge is 0.136 e. The van der Waals surface area contributed by atoms with E-state index in [4.69, 9.17) is 0 Å². The molecule has 2 rings (SSSR count). The minimum atomic E-state index is -0.622. The quantitative estimate of drug-likeness (QED) is 0.491. The normalized spacial score (nSPS) is 30.6. The second-order valence-corrected chi connectivity index (χ2v) is 9.35. The summed E-state index contributed by atoms with van der Waals surface area (Å²) in [5.74, 6) is 0.709. The summed E-state index contributed by atoms with van der Waals surface area (Å²) < 4.78 is 12.0. The van der Waals surface area contributed by atoms with E-state index >= 15 is 0 Å². The van der Waals surface area contributed by atoms with E-state index in [1.807, 2.05) is 0 Å². The maximum atomic E-state index is 12.3. The van der Waals surface area contributed by atoms with Gasteiger partial charge in [-0.2, -0.15) is 0 Å². The first-order valence-corrected chi connectivity index (χ1v) is 10.9. The lowest BCUT2D eigenvalue weighted by Crippen LogP contribution is -2.32. The molecule has 2 atom stereocenters. The molecule has 2 unspecified atom stereocenters. The molecule has 0 N–H and O–H groups in total. The number of fused-ring (bicyclic) bond motifs is 2. The SMILES string of the molecule is CCCCCCCCCCCC(=O)C1CC2CCC(C1)S2=O. The van der Waals surface area contributed by atoms with Gasteiger partial charge in [0.2, 0.25) is 0 Å². The van der Waals surface area contributed by atoms with Crippen molar-refractivity contribution in [2.45, 2.75) is 107 Å². The number of ketones is 1. The summed E-state index contributed by atoms with van der Waals surface area (Å²) in [4.78, 5) is 12.3. The minimum absolute atomic E-state index is 0.240. The molecule has 0 spiro atoms. The van der Waals surface area contributed by atoms with Gasteiger partial charge in [-0.25, -0.2) is 0 Å². The first kappa shape index (κ1) is 18.2. The summed E-state index contributed by atoms with van der Waals surface area (Å²) in [6.07, 6.45) is 16.5. The van der Waals surface area contributed by atoms with E-state index in [0.29, 0.717) is 16.3 Å². The second-order valence-electron chi connectivity index (χ2n) is 7.36. The van der Waals surface area contributed by atoms with E-state index < -0.39 is 10.8 Å². The van der Waals surface area contributed by atoms with Crippen LogP contribution in [0.15, 0.2) is 0 Å². The molecule has 2 aliphatic rings. The Morgan fingerprint density at radius 2 is 1.36 bits per heavy atom. The van der Waals surface area contributed by atoms with Crippen LogP contribution in [0, 0.1) is 5.92 Å². The predicted octanol–water partition coefficient (Wildman–Crippen LogP) is 5.17. The zero-order valence-corrected chi connectivity index (χ0v) is 15.2. The van der Waals surface area contributed by atoms with Gasteiger partial charge in [-0.1, -0.05) is 58.3 Å². The largest absolute Gasteiger partial charge is 0.299 e. The highest BCUT2D eigenvalue weighted by Gasteiger charge is 2.42. The minimum Gasteiger partial charge on any atom is -0.299 e. The summed E-state index contributed by atoms with van der Waals surface area (Å²) in [5, 5.41) is 0.687. The highest BCUT2D eigenvalue weighted by Crippen LogP contribution is 2.39. The molecular formula is C19H34O2S. The van der Waals surface area contributed by atoms with Gasteiger partial charge in [0.25, 0.3) is 0 Å². The molecule has 0 radical (unpaired) electrons. The highest BCUT2D eigenvalue weighted by molar-refractivity contribution is 7.86. The fraction of sp³-hybridized carbons (Fsp3) is 0.947. The van der Waals surface area contributed by atoms with Gasteiger partial charge in [0.1, 0.15) is 5.78 Å². The molecule has 128 valence electrons. The van der Waals surface area contributed by atoms with Crippen molar-refractivity contribution in [2.75, 3.05) is 0 Å². The second kappa shape index (κ2) is 9.85. The lowest BCUT2D eigenvalue weighted by atomic mass is 9.91. The van der Waals surface area contributed by atoms with Crippen LogP contribution in [0.1, 0.15) is 96.8 Å². The van der Waals surface area contributed by atoms with Crippen LogP contribution in [0.4, 0.5) is 0 Å². The Balaban J connectivity index is 1.49. The Kier molecular flexibility index (Phi) is 8.13. The molecule has 22 heavy (non-hydrogen) atoms. The fourth-order valence-electron chi connectivity index (χ4n) is 4.11. The Morgan fingerprint density at radius 1 is 0.864 bits per heavy atom. The van der Waals surface area contributed by atoms with Crippen molar-refractivity contribution >= 4 is 16.6 Å². The Morgan fingerprint density at radius 3 is 1.91 bits per heavy atom. The zero-order valence-electron chi connectivity index (χ0n) is 14.4. The average Bonchev–Trinajstić information content (AvgIpc) is 2.75. The summed E-state index contributed by atoms with van der Waals surface area (Å²) in [6.45, 7) is 2.26. The number of carbonyl (C=O) groups is 1. The van der Waals surface area contributed by atoms with Crippen molar-refractivity contribution in [2.24, 2.45) is 5.92 Å². The molecule has 3 heteroatoms. The number of carbonyl (C=O) groups excluding carboxylic acids is 1. The molecule has 2 nitrogen and oxygen atoms in total. The summed E-state index contributed by atoms with van der Waals surface area (Å²) in [6, 6.07) is 0. The van der Waals surface area contributed by atoms with Crippen LogP contribution in [-0.4, -0.2) is 20.5 Å². The van der Waals surface area contributed by atoms with E-state index in [9.17, 15) is 9.00 Å². The van der Waals surface area contributed by atoms with Crippen molar-refractivity contribution in [3.05, 3.63) is 0 Å². The lowest BCUT2D eigenvalue weighted by Gasteiger charge is -2.26. The van der Waals surface area contributed by atoms with E-state index in [1.165, 1.54) is 51.4 Å². The van der Waals surface area contributed by atoms with Crippen molar-refractivity contribution in [1.29, 1.82) is 0 Å². The highest BCUT2D eigenvalue weighted by atomic mass is 32.2. The standard InChI is InChI=1S/C19H34O2S/c1-2-3-4-5-6-7-8-9-10-11-19(20)16-14-17-12-13-18(15-16)22(17)21/h16-18H,2-15H2,1H3. The molecule has 0 saturated carbocycles. The molecule has 0 aliphatic carbocycles. The van der Waals surface area contributed by atoms with Crippen molar-refractivity contribution in [3.8, 4) is 0 Å². The number of unbranched alkanes of at least 4 members (excludes halogenated alkanes) is 8. The van der Waals surface area contributed by atoms with E-state index in [0.717, 1.165) is 38.5 Å². The van der Waals surface area contributed by atoms with Crippen LogP contribution in [-0.2, 0) is 15.6 Å². The first-order chi connectivity index (χ1) is 10.7. The van der Waals surface area contributed by atoms with Crippen molar-refractivity contribution in [1.82, 2.24) is 0 Å². The third-order valence-corrected chi connectivity index (χ3v) is 7.72. The van der Waals surface area contributed by atoms with Gasteiger partial charge in [-0.3, -0.25) is 9.00 Å². The van der Waals surface area contributed by atoms with E-state index in [2.05, 4.69) is 6.92 Å². The number of rotatable bonds is 11. The molecule has 2 bridgehead atoms. The van der Waals surface area contributed by atoms with E-state index in [1.54, 1.807) is 0 Å². The number of hydrogen-bond donors (Lipinski definition) is 0. The maximum Gasteiger partial charge on any atom is 0.136 e. The van der Waals surface area contributed by atoms with Crippen LogP contribution >= 0.6 is 0 Å². The van der Waals surface area contributed by atoms with Gasteiger partial charge < -0.3 is 0 Å². The van der Waals surface area contributed by atoms with Gasteiger partial charge in [-0.15, -0.1) is 0 Å². The van der Waals surface area contributed by atoms with E-state index in [-0.39, 0.29) is 5.92 Å². The van der Waals surface area contributed by atoms with Crippen molar-refractivity contribution in [3.63, 3.8) is 0 Å². The molecule has 0 aromatic rings. The lowest BCUT2D eigenvalue weighted by molar-refractivity contribution is -0.123. The molecule has 0 aromatic carbocycles. The molecule has 2 fully saturated rings. The molecule has 0 aromatic heterocycles. The molecule has 2 heterocycles. The molecule has 0 amide bonds. The number of Topliss-reactive ketones (excluding diaryl/α,β-unsaturated/α-hetero) is 1. The van der Waals surface area contributed by atoms with Crippen LogP contribution < -0.4 is 0 Å². The van der Waals surface area contributed by atoms with Gasteiger partial charge in [-0.05, 0) is 32.1 Å². The van der Waals surface area contributed by atoms with Gasteiger partial charge in [0.15, 0.2) is 0 Å². The van der Waals surface area contributed by atoms with Crippen LogP contribution in [0.3, 0.4) is 0 Å². The maximum absolute atomic E-state index is 12.3. The third-order valence-electron chi connectivity index (χ3n) is 5.54. The zero-order chi connectivity index (χ0) is 15.8. The monoisotopic (exact) mass is 326 g/mol. The predicted molar refractivity (Wildman–Crippen MR) is 94.5 cm³/mol. The topological polar surface area (TPSA) is 34.1 Å². The first-order valence-electron chi connectivity index (χ1n) is 9.64. The molecular weight excluding hydrogens is 292 g/mol. The average molecular weight is 327 g/mol. The summed E-state index contributed by atoms with van der Waals surface area (Å²) in [7, 11) is -0.622. The van der Waals surface area contributed by atoms with Gasteiger partial charge >= 0.3 is 0 Å². The molecule has 2 saturated heterocycles. The van der Waals surface area contributed by atoms with Crippen LogP contribution in [0.2, 0.25) is 0 Å². The Bertz CT molecular complexity index is 350. The third kappa shape index (κ3) is 5.47. The Hall–Kier alpha value is -0.180. The Labute approximate surface area is 139 Å². The number of hydrogen-bond acceptors (Lipinski definition) is 2. The van der Waals surface area contributed by atoms with Gasteiger partial charge in [0.05, 0.1) is 0 Å². The van der Waals surface area contributed by atoms with Gasteiger partial charge in [0, 0.05) is 33.6 Å². The van der Waals surface area contributed by atoms with Crippen LogP contribution in [0.5, 0.6) is 0 Å². The molecule has 2 aliphatic heterocycles. The van der Waals surface area contributed by atoms with Crippen molar-refractivity contribution < 1.29 is 9.00 Å². The summed E-state index contributed by atoms with van der Waals surface area (Å²) >= 11 is 0. The van der Waals surface area contributed by atoms with Crippen LogP contribution in [0.25, 0.3) is 0 Å². The summed E-state index contributed by atoms with van der Waals surface area (Å²) in [5.41, 5.74) is 0. The fourth-order valence-corrected chi connectivity index (χ4v) is 6.23.